The second-order valence-corrected chi connectivity index (χ2v) is 4.61. The van der Waals surface area contributed by atoms with Crippen LogP contribution in [0.5, 0.6) is 0 Å². The van der Waals surface area contributed by atoms with Gasteiger partial charge >= 0.3 is 18.1 Å². The number of oxazole rings is 1. The maximum atomic E-state index is 13.2. The fourth-order valence-electron chi connectivity index (χ4n) is 1.87. The van der Waals surface area contributed by atoms with Gasteiger partial charge in [0.1, 0.15) is 5.38 Å². The molecule has 1 atom stereocenters. The second kappa shape index (κ2) is 5.12. The first-order chi connectivity index (χ1) is 9.28. The first-order valence-electron chi connectivity index (χ1n) is 5.72. The van der Waals surface area contributed by atoms with Crippen LogP contribution in [0.1, 0.15) is 17.9 Å². The molecule has 0 saturated heterocycles. The van der Waals surface area contributed by atoms with Crippen LogP contribution in [0, 0.1) is 0 Å². The summed E-state index contributed by atoms with van der Waals surface area (Å²) in [5, 5.41) is -2.21. The number of alkyl halides is 5. The largest absolute Gasteiger partial charge is 0.419 e. The van der Waals surface area contributed by atoms with Crippen molar-refractivity contribution in [2.45, 2.75) is 31.2 Å². The van der Waals surface area contributed by atoms with Crippen molar-refractivity contribution in [3.05, 3.63) is 34.3 Å². The van der Waals surface area contributed by atoms with Crippen molar-refractivity contribution in [1.29, 1.82) is 0 Å². The highest BCUT2D eigenvalue weighted by Crippen LogP contribution is 2.41. The van der Waals surface area contributed by atoms with Crippen LogP contribution in [-0.4, -0.2) is 16.9 Å². The number of nitrogens with zero attached hydrogens (tertiary/aromatic N) is 1. The molecule has 1 aromatic heterocycles. The fraction of sp³-hybridized carbons (Fsp3) is 0.417. The van der Waals surface area contributed by atoms with Gasteiger partial charge in [-0.1, -0.05) is 6.07 Å². The van der Waals surface area contributed by atoms with E-state index in [0.29, 0.717) is 12.1 Å². The third-order valence-corrected chi connectivity index (χ3v) is 3.47. The standard InChI is InChI=1S/C12H10ClF4NO2/c1-2-18-7-4-3-6(5-8(7)20-11(18)19)9(13)12(16,17)10(14)15/h3-5,9-10H,2H2,1H3. The number of benzene rings is 1. The van der Waals surface area contributed by atoms with E-state index in [-0.39, 0.29) is 11.1 Å². The lowest BCUT2D eigenvalue weighted by atomic mass is 10.1. The highest BCUT2D eigenvalue weighted by atomic mass is 35.5. The Morgan fingerprint density at radius 3 is 2.60 bits per heavy atom. The number of hydrogen-bond acceptors (Lipinski definition) is 2. The number of halogens is 5. The summed E-state index contributed by atoms with van der Waals surface area (Å²) in [4.78, 5) is 11.5. The summed E-state index contributed by atoms with van der Waals surface area (Å²) in [5.74, 6) is -5.02. The number of hydrogen-bond donors (Lipinski definition) is 0. The summed E-state index contributed by atoms with van der Waals surface area (Å²) in [6.07, 6.45) is -3.88. The van der Waals surface area contributed by atoms with Gasteiger partial charge in [-0.05, 0) is 24.6 Å². The van der Waals surface area contributed by atoms with Crippen LogP contribution in [0.4, 0.5) is 17.6 Å². The summed E-state index contributed by atoms with van der Waals surface area (Å²) in [5.41, 5.74) is 0.192. The van der Waals surface area contributed by atoms with Crippen LogP contribution in [0.3, 0.4) is 0 Å². The molecule has 1 aromatic carbocycles. The molecule has 0 radical (unpaired) electrons. The number of rotatable bonds is 4. The van der Waals surface area contributed by atoms with Gasteiger partial charge in [-0.3, -0.25) is 4.57 Å². The average Bonchev–Trinajstić information content (AvgIpc) is 2.71. The van der Waals surface area contributed by atoms with Crippen LogP contribution >= 0.6 is 11.6 Å². The lowest BCUT2D eigenvalue weighted by Gasteiger charge is -2.21. The molecule has 0 aliphatic heterocycles. The van der Waals surface area contributed by atoms with E-state index in [4.69, 9.17) is 16.0 Å². The van der Waals surface area contributed by atoms with Crippen molar-refractivity contribution < 1.29 is 22.0 Å². The van der Waals surface area contributed by atoms with Gasteiger partial charge in [-0.15, -0.1) is 11.6 Å². The molecule has 20 heavy (non-hydrogen) atoms. The van der Waals surface area contributed by atoms with Crippen LogP contribution in [-0.2, 0) is 6.54 Å². The minimum Gasteiger partial charge on any atom is -0.408 e. The molecule has 110 valence electrons. The number of fused-ring (bicyclic) bond motifs is 1. The molecule has 2 aromatic rings. The Morgan fingerprint density at radius 2 is 2.05 bits per heavy atom. The van der Waals surface area contributed by atoms with E-state index in [0.717, 1.165) is 6.07 Å². The molecule has 0 spiro atoms. The highest BCUT2D eigenvalue weighted by molar-refractivity contribution is 6.21. The SMILES string of the molecule is CCn1c(=O)oc2cc(C(Cl)C(F)(F)C(F)F)ccc21. The van der Waals surface area contributed by atoms with Crippen LogP contribution in [0.25, 0.3) is 11.1 Å². The van der Waals surface area contributed by atoms with Crippen molar-refractivity contribution in [2.75, 3.05) is 0 Å². The van der Waals surface area contributed by atoms with Gasteiger partial charge in [-0.2, -0.15) is 8.78 Å². The summed E-state index contributed by atoms with van der Waals surface area (Å²) < 4.78 is 57.1. The zero-order valence-corrected chi connectivity index (χ0v) is 11.0. The zero-order chi connectivity index (χ0) is 15.1. The van der Waals surface area contributed by atoms with E-state index in [9.17, 15) is 22.4 Å². The minimum atomic E-state index is -4.37. The molecule has 1 heterocycles. The summed E-state index contributed by atoms with van der Waals surface area (Å²) in [6.45, 7) is 2.04. The maximum Gasteiger partial charge on any atom is 0.419 e. The molecule has 0 aliphatic carbocycles. The van der Waals surface area contributed by atoms with E-state index in [1.807, 2.05) is 0 Å². The molecule has 0 aliphatic rings. The predicted octanol–water partition coefficient (Wildman–Crippen LogP) is 3.79. The molecule has 0 bridgehead atoms. The Kier molecular flexibility index (Phi) is 3.82. The number of aryl methyl sites for hydroxylation is 1. The molecular weight excluding hydrogens is 302 g/mol. The Morgan fingerprint density at radius 1 is 1.40 bits per heavy atom. The van der Waals surface area contributed by atoms with Gasteiger partial charge in [0.2, 0.25) is 0 Å². The lowest BCUT2D eigenvalue weighted by Crippen LogP contribution is -2.31. The van der Waals surface area contributed by atoms with Crippen molar-refractivity contribution in [1.82, 2.24) is 4.57 Å². The van der Waals surface area contributed by atoms with Crippen molar-refractivity contribution >= 4 is 22.7 Å². The van der Waals surface area contributed by atoms with Gasteiger partial charge in [0.15, 0.2) is 5.58 Å². The topological polar surface area (TPSA) is 35.1 Å². The van der Waals surface area contributed by atoms with E-state index < -0.39 is 23.5 Å². The Balaban J connectivity index is 2.50. The molecule has 1 unspecified atom stereocenters. The Hall–Kier alpha value is -1.50. The highest BCUT2D eigenvalue weighted by Gasteiger charge is 2.48. The van der Waals surface area contributed by atoms with Gasteiger partial charge in [0, 0.05) is 6.54 Å². The summed E-state index contributed by atoms with van der Waals surface area (Å²) in [6, 6.07) is 3.60. The van der Waals surface area contributed by atoms with E-state index in [1.54, 1.807) is 6.92 Å². The smallest absolute Gasteiger partial charge is 0.408 e. The lowest BCUT2D eigenvalue weighted by molar-refractivity contribution is -0.130. The normalized spacial score (nSPS) is 14.2. The Labute approximate surface area is 115 Å². The van der Waals surface area contributed by atoms with Crippen LogP contribution < -0.4 is 5.76 Å². The second-order valence-electron chi connectivity index (χ2n) is 4.18. The minimum absolute atomic E-state index is 0.0325. The van der Waals surface area contributed by atoms with Gasteiger partial charge in [0.25, 0.3) is 0 Å². The quantitative estimate of drug-likeness (QED) is 0.636. The van der Waals surface area contributed by atoms with Crippen molar-refractivity contribution in [3.8, 4) is 0 Å². The van der Waals surface area contributed by atoms with Gasteiger partial charge in [0.05, 0.1) is 5.52 Å². The first-order valence-corrected chi connectivity index (χ1v) is 6.16. The molecule has 2 rings (SSSR count). The fourth-order valence-corrected chi connectivity index (χ4v) is 2.10. The third-order valence-electron chi connectivity index (χ3n) is 2.93. The molecular formula is C12H10ClF4NO2. The van der Waals surface area contributed by atoms with Crippen molar-refractivity contribution in [2.24, 2.45) is 0 Å². The monoisotopic (exact) mass is 311 g/mol. The summed E-state index contributed by atoms with van der Waals surface area (Å²) in [7, 11) is 0. The van der Waals surface area contributed by atoms with Gasteiger partial charge < -0.3 is 4.42 Å². The van der Waals surface area contributed by atoms with E-state index in [2.05, 4.69) is 0 Å². The van der Waals surface area contributed by atoms with Crippen molar-refractivity contribution in [3.63, 3.8) is 0 Å². The third kappa shape index (κ3) is 2.30. The first kappa shape index (κ1) is 14.9. The molecule has 0 N–H and O–H groups in total. The van der Waals surface area contributed by atoms with E-state index >= 15 is 0 Å². The molecule has 8 heteroatoms. The predicted molar refractivity (Wildman–Crippen MR) is 65.7 cm³/mol. The van der Waals surface area contributed by atoms with Gasteiger partial charge in [-0.25, -0.2) is 13.6 Å². The molecule has 0 amide bonds. The Bertz CT molecular complexity index is 680. The average molecular weight is 312 g/mol. The number of aromatic nitrogens is 1. The van der Waals surface area contributed by atoms with Crippen LogP contribution in [0.2, 0.25) is 0 Å². The summed E-state index contributed by atoms with van der Waals surface area (Å²) >= 11 is 5.42. The zero-order valence-electron chi connectivity index (χ0n) is 10.2. The van der Waals surface area contributed by atoms with Crippen LogP contribution in [0.15, 0.2) is 27.4 Å². The van der Waals surface area contributed by atoms with E-state index in [1.165, 1.54) is 16.7 Å². The molecule has 3 nitrogen and oxygen atoms in total. The maximum absolute atomic E-state index is 13.2. The molecule has 0 fully saturated rings. The molecule has 0 saturated carbocycles.